The molecule has 1 fully saturated rings. The molecular formula is C15H32N2O2. The third-order valence-corrected chi connectivity index (χ3v) is 3.90. The molecule has 1 N–H and O–H groups in total. The second-order valence-corrected chi connectivity index (χ2v) is 6.08. The van der Waals surface area contributed by atoms with Crippen LogP contribution >= 0.6 is 0 Å². The molecule has 0 spiro atoms. The van der Waals surface area contributed by atoms with E-state index in [9.17, 15) is 0 Å². The van der Waals surface area contributed by atoms with Crippen molar-refractivity contribution < 1.29 is 9.47 Å². The Hall–Kier alpha value is -0.160. The molecule has 4 heteroatoms. The van der Waals surface area contributed by atoms with E-state index in [1.807, 2.05) is 0 Å². The van der Waals surface area contributed by atoms with Crippen molar-refractivity contribution >= 4 is 0 Å². The van der Waals surface area contributed by atoms with Crippen LogP contribution in [0.2, 0.25) is 0 Å². The summed E-state index contributed by atoms with van der Waals surface area (Å²) in [7, 11) is 1.73. The Bertz CT molecular complexity index is 234. The summed E-state index contributed by atoms with van der Waals surface area (Å²) in [6, 6.07) is 0.645. The van der Waals surface area contributed by atoms with Crippen LogP contribution in [0.1, 0.15) is 40.0 Å². The fraction of sp³-hybridized carbons (Fsp3) is 1.00. The monoisotopic (exact) mass is 272 g/mol. The van der Waals surface area contributed by atoms with Gasteiger partial charge in [0.15, 0.2) is 0 Å². The summed E-state index contributed by atoms with van der Waals surface area (Å²) in [5.74, 6) is 0. The number of ether oxygens (including phenoxy) is 2. The van der Waals surface area contributed by atoms with Crippen LogP contribution in [0.25, 0.3) is 0 Å². The summed E-state index contributed by atoms with van der Waals surface area (Å²) >= 11 is 0. The zero-order valence-corrected chi connectivity index (χ0v) is 13.2. The van der Waals surface area contributed by atoms with Crippen molar-refractivity contribution in [2.45, 2.75) is 51.6 Å². The van der Waals surface area contributed by atoms with Crippen molar-refractivity contribution in [3.8, 4) is 0 Å². The number of nitrogens with one attached hydrogen (secondary N) is 1. The first-order valence-corrected chi connectivity index (χ1v) is 7.65. The van der Waals surface area contributed by atoms with Gasteiger partial charge >= 0.3 is 0 Å². The van der Waals surface area contributed by atoms with E-state index < -0.39 is 0 Å². The Morgan fingerprint density at radius 2 is 2.05 bits per heavy atom. The molecule has 114 valence electrons. The lowest BCUT2D eigenvalue weighted by Crippen LogP contribution is -2.62. The van der Waals surface area contributed by atoms with Crippen LogP contribution in [-0.2, 0) is 9.47 Å². The molecule has 4 nitrogen and oxygen atoms in total. The molecule has 1 atom stereocenters. The minimum atomic E-state index is 0.236. The van der Waals surface area contributed by atoms with Gasteiger partial charge in [0.05, 0.1) is 6.61 Å². The van der Waals surface area contributed by atoms with Crippen molar-refractivity contribution in [3.05, 3.63) is 0 Å². The summed E-state index contributed by atoms with van der Waals surface area (Å²) in [5, 5.41) is 3.66. The zero-order chi connectivity index (χ0) is 14.1. The van der Waals surface area contributed by atoms with Crippen LogP contribution < -0.4 is 5.32 Å². The largest absolute Gasteiger partial charge is 0.385 e. The van der Waals surface area contributed by atoms with E-state index in [2.05, 4.69) is 31.0 Å². The number of rotatable bonds is 9. The maximum Gasteiger partial charge on any atom is 0.0593 e. The summed E-state index contributed by atoms with van der Waals surface area (Å²) in [6.45, 7) is 12.5. The Labute approximate surface area is 118 Å². The first-order valence-electron chi connectivity index (χ1n) is 7.65. The number of methoxy groups -OCH3 is 1. The molecule has 0 aromatic heterocycles. The molecule has 0 aromatic carbocycles. The van der Waals surface area contributed by atoms with Crippen LogP contribution in [0.3, 0.4) is 0 Å². The fourth-order valence-electron chi connectivity index (χ4n) is 2.60. The summed E-state index contributed by atoms with van der Waals surface area (Å²) in [6.07, 6.45) is 3.50. The zero-order valence-electron chi connectivity index (χ0n) is 13.2. The molecule has 0 radical (unpaired) electrons. The quantitative estimate of drug-likeness (QED) is 0.650. The van der Waals surface area contributed by atoms with Crippen molar-refractivity contribution in [1.29, 1.82) is 0 Å². The second-order valence-electron chi connectivity index (χ2n) is 6.08. The SMILES string of the molecule is CCCC1CN(CCOCCCOC)C(C)(C)CN1. The highest BCUT2D eigenvalue weighted by Crippen LogP contribution is 2.19. The molecule has 0 bridgehead atoms. The van der Waals surface area contributed by atoms with Crippen molar-refractivity contribution in [3.63, 3.8) is 0 Å². The van der Waals surface area contributed by atoms with E-state index in [0.29, 0.717) is 6.04 Å². The molecule has 1 aliphatic rings. The van der Waals surface area contributed by atoms with Gasteiger partial charge in [0.2, 0.25) is 0 Å². The summed E-state index contributed by atoms with van der Waals surface area (Å²) < 4.78 is 10.7. The smallest absolute Gasteiger partial charge is 0.0593 e. The van der Waals surface area contributed by atoms with Gasteiger partial charge in [0.25, 0.3) is 0 Å². The standard InChI is InChI=1S/C15H32N2O2/c1-5-7-14-12-17(15(2,3)13-16-14)8-11-19-10-6-9-18-4/h14,16H,5-13H2,1-4H3. The highest BCUT2D eigenvalue weighted by molar-refractivity contribution is 4.92. The topological polar surface area (TPSA) is 33.7 Å². The molecule has 0 amide bonds. The first kappa shape index (κ1) is 16.9. The van der Waals surface area contributed by atoms with Crippen LogP contribution in [-0.4, -0.2) is 63.0 Å². The van der Waals surface area contributed by atoms with Gasteiger partial charge in [0.1, 0.15) is 0 Å². The van der Waals surface area contributed by atoms with Gasteiger partial charge in [-0.2, -0.15) is 0 Å². The average molecular weight is 272 g/mol. The van der Waals surface area contributed by atoms with E-state index >= 15 is 0 Å². The highest BCUT2D eigenvalue weighted by atomic mass is 16.5. The molecule has 1 unspecified atom stereocenters. The predicted molar refractivity (Wildman–Crippen MR) is 79.7 cm³/mol. The highest BCUT2D eigenvalue weighted by Gasteiger charge is 2.32. The van der Waals surface area contributed by atoms with Crippen LogP contribution in [0.4, 0.5) is 0 Å². The van der Waals surface area contributed by atoms with E-state index in [1.54, 1.807) is 7.11 Å². The molecule has 1 saturated heterocycles. The van der Waals surface area contributed by atoms with Crippen LogP contribution in [0, 0.1) is 0 Å². The summed E-state index contributed by atoms with van der Waals surface area (Å²) in [4.78, 5) is 2.57. The molecule has 0 saturated carbocycles. The van der Waals surface area contributed by atoms with E-state index in [0.717, 1.165) is 45.9 Å². The number of nitrogens with zero attached hydrogens (tertiary/aromatic N) is 1. The number of hydrogen-bond donors (Lipinski definition) is 1. The Kier molecular flexibility index (Phi) is 7.91. The third kappa shape index (κ3) is 6.21. The third-order valence-electron chi connectivity index (χ3n) is 3.90. The fourth-order valence-corrected chi connectivity index (χ4v) is 2.60. The van der Waals surface area contributed by atoms with Crippen molar-refractivity contribution in [2.24, 2.45) is 0 Å². The molecule has 1 heterocycles. The first-order chi connectivity index (χ1) is 9.10. The molecule has 1 aliphatic heterocycles. The van der Waals surface area contributed by atoms with Gasteiger partial charge in [-0.1, -0.05) is 13.3 Å². The van der Waals surface area contributed by atoms with E-state index in [1.165, 1.54) is 12.8 Å². The Morgan fingerprint density at radius 1 is 1.26 bits per heavy atom. The lowest BCUT2D eigenvalue weighted by atomic mass is 9.96. The predicted octanol–water partition coefficient (Wildman–Crippen LogP) is 1.89. The van der Waals surface area contributed by atoms with Crippen molar-refractivity contribution in [1.82, 2.24) is 10.2 Å². The van der Waals surface area contributed by atoms with E-state index in [4.69, 9.17) is 9.47 Å². The van der Waals surface area contributed by atoms with Gasteiger partial charge in [0, 0.05) is 51.5 Å². The molecule has 0 aliphatic carbocycles. The van der Waals surface area contributed by atoms with Gasteiger partial charge in [-0.25, -0.2) is 0 Å². The summed E-state index contributed by atoms with van der Waals surface area (Å²) in [5.41, 5.74) is 0.236. The van der Waals surface area contributed by atoms with Gasteiger partial charge < -0.3 is 14.8 Å². The lowest BCUT2D eigenvalue weighted by Gasteiger charge is -2.46. The maximum atomic E-state index is 5.68. The average Bonchev–Trinajstić information content (AvgIpc) is 2.37. The normalized spacial score (nSPS) is 23.7. The Balaban J connectivity index is 2.23. The second kappa shape index (κ2) is 8.90. The molecule has 19 heavy (non-hydrogen) atoms. The van der Waals surface area contributed by atoms with Gasteiger partial charge in [-0.15, -0.1) is 0 Å². The molecule has 0 aromatic rings. The molecular weight excluding hydrogens is 240 g/mol. The van der Waals surface area contributed by atoms with Crippen LogP contribution in [0.15, 0.2) is 0 Å². The number of hydrogen-bond acceptors (Lipinski definition) is 4. The van der Waals surface area contributed by atoms with Crippen molar-refractivity contribution in [2.75, 3.05) is 46.6 Å². The maximum absolute atomic E-state index is 5.68. The van der Waals surface area contributed by atoms with Gasteiger partial charge in [-0.3, -0.25) is 4.90 Å². The minimum absolute atomic E-state index is 0.236. The van der Waals surface area contributed by atoms with E-state index in [-0.39, 0.29) is 5.54 Å². The van der Waals surface area contributed by atoms with Gasteiger partial charge in [-0.05, 0) is 26.7 Å². The molecule has 1 rings (SSSR count). The lowest BCUT2D eigenvalue weighted by molar-refractivity contribution is 0.0235. The minimum Gasteiger partial charge on any atom is -0.385 e. The Morgan fingerprint density at radius 3 is 2.74 bits per heavy atom. The van der Waals surface area contributed by atoms with Crippen LogP contribution in [0.5, 0.6) is 0 Å². The number of piperazine rings is 1.